The van der Waals surface area contributed by atoms with Crippen LogP contribution in [0.15, 0.2) is 0 Å². The minimum Gasteiger partial charge on any atom is -0.303 e. The highest BCUT2D eigenvalue weighted by atomic mass is 32.1. The predicted molar refractivity (Wildman–Crippen MR) is 39.1 cm³/mol. The Hall–Kier alpha value is -0.770. The van der Waals surface area contributed by atoms with Gasteiger partial charge < -0.3 is 4.79 Å². The van der Waals surface area contributed by atoms with Gasteiger partial charge in [0.15, 0.2) is 0 Å². The summed E-state index contributed by atoms with van der Waals surface area (Å²) >= 11 is 1.50. The zero-order valence-corrected chi connectivity index (χ0v) is 6.52. The van der Waals surface area contributed by atoms with Crippen LogP contribution in [0.1, 0.15) is 16.9 Å². The maximum Gasteiger partial charge on any atom is 0.126 e. The van der Waals surface area contributed by atoms with Gasteiger partial charge in [-0.05, 0) is 6.42 Å². The number of carbonyl (C=O) groups excluding carboxylic acids is 1. The van der Waals surface area contributed by atoms with Gasteiger partial charge in [0.2, 0.25) is 0 Å². The number of carbonyl (C=O) groups is 1. The summed E-state index contributed by atoms with van der Waals surface area (Å²) in [6.45, 7) is 2.02. The zero-order valence-electron chi connectivity index (χ0n) is 5.70. The predicted octanol–water partition coefficient (Wildman–Crippen LogP) is 0.842. The third kappa shape index (κ3) is 1.60. The lowest BCUT2D eigenvalue weighted by molar-refractivity contribution is -0.107. The number of rotatable bonds is 3. The van der Waals surface area contributed by atoms with E-state index in [1.54, 1.807) is 0 Å². The van der Waals surface area contributed by atoms with Crippen molar-refractivity contribution < 1.29 is 4.79 Å². The van der Waals surface area contributed by atoms with Crippen molar-refractivity contribution in [3.8, 4) is 0 Å². The van der Waals surface area contributed by atoms with Crippen LogP contribution < -0.4 is 0 Å². The van der Waals surface area contributed by atoms with E-state index in [0.717, 1.165) is 22.7 Å². The Labute approximate surface area is 63.1 Å². The van der Waals surface area contributed by atoms with Crippen LogP contribution in [0.4, 0.5) is 0 Å². The topological polar surface area (TPSA) is 42.9 Å². The fraction of sp³-hybridized carbons (Fsp3) is 0.500. The Morgan fingerprint density at radius 1 is 1.50 bits per heavy atom. The van der Waals surface area contributed by atoms with E-state index in [2.05, 4.69) is 10.2 Å². The summed E-state index contributed by atoms with van der Waals surface area (Å²) < 4.78 is 0. The molecule has 0 aromatic carbocycles. The van der Waals surface area contributed by atoms with Gasteiger partial charge in [0.1, 0.15) is 16.3 Å². The largest absolute Gasteiger partial charge is 0.303 e. The average Bonchev–Trinajstić information content (AvgIpc) is 2.37. The zero-order chi connectivity index (χ0) is 7.40. The van der Waals surface area contributed by atoms with E-state index in [1.165, 1.54) is 11.3 Å². The molecule has 0 saturated heterocycles. The number of aldehydes is 1. The molecule has 10 heavy (non-hydrogen) atoms. The van der Waals surface area contributed by atoms with Gasteiger partial charge >= 0.3 is 0 Å². The molecule has 0 aliphatic rings. The second-order valence-corrected chi connectivity index (χ2v) is 2.96. The van der Waals surface area contributed by atoms with Gasteiger partial charge in [0.25, 0.3) is 0 Å². The lowest BCUT2D eigenvalue weighted by Gasteiger charge is -1.78. The summed E-state index contributed by atoms with van der Waals surface area (Å²) in [4.78, 5) is 10.0. The average molecular weight is 156 g/mol. The highest BCUT2D eigenvalue weighted by molar-refractivity contribution is 7.11. The summed E-state index contributed by atoms with van der Waals surface area (Å²) in [6, 6.07) is 0. The molecule has 0 unspecified atom stereocenters. The molecule has 0 saturated carbocycles. The van der Waals surface area contributed by atoms with E-state index in [1.807, 2.05) is 6.92 Å². The standard InChI is InChI=1S/C6H8N2OS/c1-2-5-7-8-6(10-5)3-4-9/h4H,2-3H2,1H3. The van der Waals surface area contributed by atoms with Gasteiger partial charge in [-0.2, -0.15) is 0 Å². The van der Waals surface area contributed by atoms with Crippen LogP contribution in [0.2, 0.25) is 0 Å². The van der Waals surface area contributed by atoms with Crippen LogP contribution >= 0.6 is 11.3 Å². The molecule has 4 heteroatoms. The summed E-state index contributed by atoms with van der Waals surface area (Å²) in [5.41, 5.74) is 0. The molecule has 0 radical (unpaired) electrons. The molecule has 0 fully saturated rings. The molecule has 1 rings (SSSR count). The second kappa shape index (κ2) is 3.41. The van der Waals surface area contributed by atoms with Crippen molar-refractivity contribution in [2.75, 3.05) is 0 Å². The van der Waals surface area contributed by atoms with E-state index < -0.39 is 0 Å². The second-order valence-electron chi connectivity index (χ2n) is 1.81. The third-order valence-corrected chi connectivity index (χ3v) is 2.16. The highest BCUT2D eigenvalue weighted by Gasteiger charge is 1.99. The Morgan fingerprint density at radius 3 is 2.70 bits per heavy atom. The number of hydrogen-bond donors (Lipinski definition) is 0. The van der Waals surface area contributed by atoms with Crippen molar-refractivity contribution in [1.29, 1.82) is 0 Å². The van der Waals surface area contributed by atoms with Crippen molar-refractivity contribution in [2.24, 2.45) is 0 Å². The van der Waals surface area contributed by atoms with Crippen LogP contribution in [0.5, 0.6) is 0 Å². The fourth-order valence-corrected chi connectivity index (χ4v) is 1.32. The molecule has 1 aromatic heterocycles. The molecule has 0 amide bonds. The Kier molecular flexibility index (Phi) is 2.50. The fourth-order valence-electron chi connectivity index (χ4n) is 0.585. The van der Waals surface area contributed by atoms with Gasteiger partial charge in [0, 0.05) is 0 Å². The summed E-state index contributed by atoms with van der Waals surface area (Å²) in [5, 5.41) is 9.49. The summed E-state index contributed by atoms with van der Waals surface area (Å²) in [6.07, 6.45) is 2.15. The van der Waals surface area contributed by atoms with E-state index in [0.29, 0.717) is 6.42 Å². The maximum absolute atomic E-state index is 10.0. The van der Waals surface area contributed by atoms with Crippen molar-refractivity contribution in [2.45, 2.75) is 19.8 Å². The van der Waals surface area contributed by atoms with Crippen LogP contribution in [0, 0.1) is 0 Å². The first-order chi connectivity index (χ1) is 4.86. The minimum atomic E-state index is 0.400. The molecular weight excluding hydrogens is 148 g/mol. The Morgan fingerprint density at radius 2 is 2.20 bits per heavy atom. The highest BCUT2D eigenvalue weighted by Crippen LogP contribution is 2.09. The number of aryl methyl sites for hydroxylation is 1. The van der Waals surface area contributed by atoms with Crippen molar-refractivity contribution in [1.82, 2.24) is 10.2 Å². The van der Waals surface area contributed by atoms with E-state index in [9.17, 15) is 4.79 Å². The van der Waals surface area contributed by atoms with Crippen molar-refractivity contribution >= 4 is 17.6 Å². The monoisotopic (exact) mass is 156 g/mol. The quantitative estimate of drug-likeness (QED) is 0.609. The SMILES string of the molecule is CCc1nnc(CC=O)s1. The minimum absolute atomic E-state index is 0.400. The van der Waals surface area contributed by atoms with E-state index in [4.69, 9.17) is 0 Å². The Balaban J connectivity index is 2.67. The first kappa shape index (κ1) is 7.34. The first-order valence-corrected chi connectivity index (χ1v) is 3.93. The number of aromatic nitrogens is 2. The van der Waals surface area contributed by atoms with Crippen LogP contribution in [0.25, 0.3) is 0 Å². The van der Waals surface area contributed by atoms with Crippen LogP contribution in [-0.2, 0) is 17.6 Å². The lowest BCUT2D eigenvalue weighted by Crippen LogP contribution is -1.82. The molecule has 0 N–H and O–H groups in total. The molecule has 3 nitrogen and oxygen atoms in total. The molecule has 0 atom stereocenters. The van der Waals surface area contributed by atoms with Crippen LogP contribution in [-0.4, -0.2) is 16.5 Å². The summed E-state index contributed by atoms with van der Waals surface area (Å²) in [7, 11) is 0. The van der Waals surface area contributed by atoms with Gasteiger partial charge in [-0.15, -0.1) is 21.5 Å². The third-order valence-electron chi connectivity index (χ3n) is 1.07. The molecule has 54 valence electrons. The molecular formula is C6H8N2OS. The molecule has 0 aliphatic carbocycles. The van der Waals surface area contributed by atoms with Gasteiger partial charge in [-0.3, -0.25) is 0 Å². The smallest absolute Gasteiger partial charge is 0.126 e. The van der Waals surface area contributed by atoms with Crippen molar-refractivity contribution in [3.05, 3.63) is 10.0 Å². The van der Waals surface area contributed by atoms with Crippen LogP contribution in [0.3, 0.4) is 0 Å². The normalized spacial score (nSPS) is 9.70. The number of hydrogen-bond acceptors (Lipinski definition) is 4. The maximum atomic E-state index is 10.0. The summed E-state index contributed by atoms with van der Waals surface area (Å²) in [5.74, 6) is 0. The number of nitrogens with zero attached hydrogens (tertiary/aromatic N) is 2. The molecule has 0 aliphatic heterocycles. The van der Waals surface area contributed by atoms with Crippen molar-refractivity contribution in [3.63, 3.8) is 0 Å². The lowest BCUT2D eigenvalue weighted by atomic mass is 10.5. The van der Waals surface area contributed by atoms with E-state index >= 15 is 0 Å². The van der Waals surface area contributed by atoms with Gasteiger partial charge in [-0.1, -0.05) is 6.92 Å². The molecule has 0 spiro atoms. The Bertz CT molecular complexity index is 221. The van der Waals surface area contributed by atoms with Gasteiger partial charge in [0.05, 0.1) is 6.42 Å². The van der Waals surface area contributed by atoms with E-state index in [-0.39, 0.29) is 0 Å². The van der Waals surface area contributed by atoms with Gasteiger partial charge in [-0.25, -0.2) is 0 Å². The molecule has 1 heterocycles. The molecule has 0 bridgehead atoms. The first-order valence-electron chi connectivity index (χ1n) is 3.11. The molecule has 1 aromatic rings.